The zero-order chi connectivity index (χ0) is 16.0. The van der Waals surface area contributed by atoms with Crippen LogP contribution in [0.4, 0.5) is 5.69 Å². The summed E-state index contributed by atoms with van der Waals surface area (Å²) in [6.45, 7) is -0.494. The van der Waals surface area contributed by atoms with Crippen molar-refractivity contribution in [2.75, 3.05) is 23.9 Å². The quantitative estimate of drug-likeness (QED) is 0.648. The number of hydrogen-bond donors (Lipinski definition) is 3. The molecule has 0 spiro atoms. The van der Waals surface area contributed by atoms with Crippen LogP contribution in [0, 0.1) is 0 Å². The summed E-state index contributed by atoms with van der Waals surface area (Å²) in [4.78, 5) is 33.2. The molecule has 9 heteroatoms. The van der Waals surface area contributed by atoms with Crippen molar-refractivity contribution in [3.63, 3.8) is 0 Å². The van der Waals surface area contributed by atoms with Gasteiger partial charge in [-0.15, -0.1) is 0 Å². The van der Waals surface area contributed by atoms with Crippen LogP contribution in [-0.2, 0) is 19.4 Å². The molecule has 0 saturated carbocycles. The first-order valence-corrected chi connectivity index (χ1v) is 7.81. The van der Waals surface area contributed by atoms with Gasteiger partial charge in [0.15, 0.2) is 9.84 Å². The lowest BCUT2D eigenvalue weighted by molar-refractivity contribution is -0.135. The molecule has 0 radical (unpaired) electrons. The van der Waals surface area contributed by atoms with Gasteiger partial charge in [0.2, 0.25) is 5.91 Å². The minimum absolute atomic E-state index is 0.220. The molecule has 0 fully saturated rings. The number of carbonyl (C=O) groups is 3. The average molecular weight is 314 g/mol. The lowest BCUT2D eigenvalue weighted by Crippen LogP contribution is -2.29. The third-order valence-corrected chi connectivity index (χ3v) is 3.01. The van der Waals surface area contributed by atoms with Crippen molar-refractivity contribution in [2.24, 2.45) is 0 Å². The van der Waals surface area contributed by atoms with Gasteiger partial charge in [0.1, 0.15) is 12.3 Å². The molecule has 0 aliphatic heterocycles. The van der Waals surface area contributed by atoms with Gasteiger partial charge in [-0.1, -0.05) is 0 Å². The van der Waals surface area contributed by atoms with Gasteiger partial charge in [0.05, 0.1) is 0 Å². The van der Waals surface area contributed by atoms with Crippen LogP contribution in [0.1, 0.15) is 10.4 Å². The Balaban J connectivity index is 2.64. The van der Waals surface area contributed by atoms with E-state index in [4.69, 9.17) is 5.11 Å². The number of anilines is 1. The highest BCUT2D eigenvalue weighted by Crippen LogP contribution is 2.09. The number of carbonyl (C=O) groups excluding carboxylic acids is 2. The maximum atomic E-state index is 11.5. The predicted octanol–water partition coefficient (Wildman–Crippen LogP) is -0.516. The molecule has 0 atom stereocenters. The predicted molar refractivity (Wildman–Crippen MR) is 74.8 cm³/mol. The van der Waals surface area contributed by atoms with Crippen LogP contribution in [0.25, 0.3) is 0 Å². The minimum Gasteiger partial charge on any atom is -0.480 e. The molecule has 1 rings (SSSR count). The van der Waals surface area contributed by atoms with Crippen molar-refractivity contribution in [2.45, 2.75) is 0 Å². The van der Waals surface area contributed by atoms with E-state index in [0.29, 0.717) is 5.69 Å². The fraction of sp³-hybridized carbons (Fsp3) is 0.250. The molecule has 8 nitrogen and oxygen atoms in total. The molecule has 0 saturated heterocycles. The summed E-state index contributed by atoms with van der Waals surface area (Å²) in [5, 5.41) is 13.0. The molecule has 21 heavy (non-hydrogen) atoms. The van der Waals surface area contributed by atoms with Crippen LogP contribution in [0.15, 0.2) is 24.3 Å². The third-order valence-electron chi connectivity index (χ3n) is 2.22. The van der Waals surface area contributed by atoms with Crippen LogP contribution in [0.2, 0.25) is 0 Å². The van der Waals surface area contributed by atoms with Crippen molar-refractivity contribution in [3.8, 4) is 0 Å². The lowest BCUT2D eigenvalue weighted by Gasteiger charge is -2.06. The van der Waals surface area contributed by atoms with E-state index < -0.39 is 39.9 Å². The third kappa shape index (κ3) is 6.52. The Labute approximate surface area is 121 Å². The Morgan fingerprint density at radius 3 is 2.19 bits per heavy atom. The molecule has 3 N–H and O–H groups in total. The van der Waals surface area contributed by atoms with E-state index in [9.17, 15) is 22.8 Å². The van der Waals surface area contributed by atoms with Crippen LogP contribution in [0.5, 0.6) is 0 Å². The molecule has 1 aromatic rings. The summed E-state index contributed by atoms with van der Waals surface area (Å²) in [5.74, 6) is -3.03. The average Bonchev–Trinajstić information content (AvgIpc) is 2.34. The second-order valence-electron chi connectivity index (χ2n) is 4.27. The number of aliphatic carboxylic acids is 1. The van der Waals surface area contributed by atoms with E-state index in [2.05, 4.69) is 10.6 Å². The molecule has 0 aliphatic rings. The molecule has 0 aromatic heterocycles. The summed E-state index contributed by atoms with van der Waals surface area (Å²) in [5.41, 5.74) is 0.552. The number of hydrogen-bond acceptors (Lipinski definition) is 5. The molecule has 1 aromatic carbocycles. The molecular weight excluding hydrogens is 300 g/mol. The van der Waals surface area contributed by atoms with Gasteiger partial charge in [-0.25, -0.2) is 8.42 Å². The maximum absolute atomic E-state index is 11.5. The van der Waals surface area contributed by atoms with E-state index in [1.807, 2.05) is 0 Å². The fourth-order valence-corrected chi connectivity index (χ4v) is 1.95. The monoisotopic (exact) mass is 314 g/mol. The Bertz CT molecular complexity index is 651. The highest BCUT2D eigenvalue weighted by atomic mass is 32.2. The highest BCUT2D eigenvalue weighted by Gasteiger charge is 2.11. The number of nitrogens with one attached hydrogen (secondary N) is 2. The van der Waals surface area contributed by atoms with Crippen LogP contribution >= 0.6 is 0 Å². The zero-order valence-corrected chi connectivity index (χ0v) is 11.9. The second kappa shape index (κ2) is 6.84. The van der Waals surface area contributed by atoms with Crippen molar-refractivity contribution in [1.82, 2.24) is 5.32 Å². The number of carboxylic acids is 1. The first-order valence-electron chi connectivity index (χ1n) is 5.75. The van der Waals surface area contributed by atoms with Crippen molar-refractivity contribution in [1.29, 1.82) is 0 Å². The molecule has 114 valence electrons. The SMILES string of the molecule is CS(=O)(=O)CC(=O)Nc1ccc(C(=O)NCC(=O)O)cc1. The standard InChI is InChI=1S/C12H14N2O6S/c1-21(19,20)7-10(15)14-9-4-2-8(3-5-9)12(18)13-6-11(16)17/h2-5H,6-7H2,1H3,(H,13,18)(H,14,15)(H,16,17). The number of rotatable bonds is 6. The van der Waals surface area contributed by atoms with E-state index in [1.165, 1.54) is 24.3 Å². The summed E-state index contributed by atoms with van der Waals surface area (Å²) in [6.07, 6.45) is 0.947. The van der Waals surface area contributed by atoms with Gasteiger partial charge in [-0.05, 0) is 24.3 Å². The fourth-order valence-electron chi connectivity index (χ4n) is 1.40. The number of sulfone groups is 1. The molecular formula is C12H14N2O6S. The van der Waals surface area contributed by atoms with Gasteiger partial charge in [0, 0.05) is 17.5 Å². The first-order chi connectivity index (χ1) is 9.67. The Morgan fingerprint density at radius 2 is 1.71 bits per heavy atom. The van der Waals surface area contributed by atoms with Crippen LogP contribution < -0.4 is 10.6 Å². The van der Waals surface area contributed by atoms with E-state index in [0.717, 1.165) is 6.26 Å². The molecule has 2 amide bonds. The summed E-state index contributed by atoms with van der Waals surface area (Å²) >= 11 is 0. The zero-order valence-electron chi connectivity index (χ0n) is 11.1. The highest BCUT2D eigenvalue weighted by molar-refractivity contribution is 7.91. The van der Waals surface area contributed by atoms with E-state index in [-0.39, 0.29) is 5.56 Å². The van der Waals surface area contributed by atoms with Crippen molar-refractivity contribution < 1.29 is 27.9 Å². The molecule has 0 aliphatic carbocycles. The normalized spacial score (nSPS) is 10.7. The van der Waals surface area contributed by atoms with E-state index in [1.54, 1.807) is 0 Å². The maximum Gasteiger partial charge on any atom is 0.322 e. The number of amides is 2. The lowest BCUT2D eigenvalue weighted by atomic mass is 10.2. The van der Waals surface area contributed by atoms with E-state index >= 15 is 0 Å². The largest absolute Gasteiger partial charge is 0.480 e. The number of benzene rings is 1. The minimum atomic E-state index is -3.41. The second-order valence-corrected chi connectivity index (χ2v) is 6.41. The topological polar surface area (TPSA) is 130 Å². The van der Waals surface area contributed by atoms with Gasteiger partial charge < -0.3 is 15.7 Å². The van der Waals surface area contributed by atoms with Crippen LogP contribution in [0.3, 0.4) is 0 Å². The van der Waals surface area contributed by atoms with Crippen molar-refractivity contribution >= 4 is 33.3 Å². The Kier molecular flexibility index (Phi) is 5.42. The van der Waals surface area contributed by atoms with Gasteiger partial charge in [0.25, 0.3) is 5.91 Å². The number of carboxylic acid groups (broad SMARTS) is 1. The van der Waals surface area contributed by atoms with Crippen molar-refractivity contribution in [3.05, 3.63) is 29.8 Å². The molecule has 0 bridgehead atoms. The van der Waals surface area contributed by atoms with Gasteiger partial charge >= 0.3 is 5.97 Å². The summed E-state index contributed by atoms with van der Waals surface area (Å²) in [7, 11) is -3.41. The smallest absolute Gasteiger partial charge is 0.322 e. The Hall–Kier alpha value is -2.42. The van der Waals surface area contributed by atoms with Gasteiger partial charge in [-0.3, -0.25) is 14.4 Å². The summed E-state index contributed by atoms with van der Waals surface area (Å²) in [6, 6.07) is 5.59. The Morgan fingerprint density at radius 1 is 1.14 bits per heavy atom. The summed E-state index contributed by atoms with van der Waals surface area (Å²) < 4.78 is 21.9. The molecule has 0 unspecified atom stereocenters. The molecule has 0 heterocycles. The first kappa shape index (κ1) is 16.6. The van der Waals surface area contributed by atoms with Gasteiger partial charge in [-0.2, -0.15) is 0 Å². The van der Waals surface area contributed by atoms with Crippen LogP contribution in [-0.4, -0.2) is 49.9 Å².